The quantitative estimate of drug-likeness (QED) is 0.532. The Kier molecular flexibility index (Phi) is 6.86. The van der Waals surface area contributed by atoms with Gasteiger partial charge in [-0.15, -0.1) is 0 Å². The molecule has 2 aromatic heterocycles. The van der Waals surface area contributed by atoms with Crippen LogP contribution in [0.25, 0.3) is 0 Å². The van der Waals surface area contributed by atoms with Crippen LogP contribution in [0, 0.1) is 5.41 Å². The highest BCUT2D eigenvalue weighted by atomic mass is 16.4. The molecule has 1 fully saturated rings. The largest absolute Gasteiger partial charge is 0.481 e. The molecule has 1 amide bonds. The number of anilines is 1. The second-order valence-electron chi connectivity index (χ2n) is 9.10. The second-order valence-corrected chi connectivity index (χ2v) is 9.10. The third kappa shape index (κ3) is 5.57. The number of rotatable bonds is 5. The molecule has 2 heterocycles. The van der Waals surface area contributed by atoms with Gasteiger partial charge in [0.25, 0.3) is 11.5 Å². The molecule has 0 saturated heterocycles. The molecule has 0 bridgehead atoms. The smallest absolute Gasteiger partial charge is 0.309 e. The molecule has 5 rings (SSSR count). The molecule has 1 saturated carbocycles. The van der Waals surface area contributed by atoms with E-state index in [0.717, 1.165) is 66.6 Å². The van der Waals surface area contributed by atoms with Gasteiger partial charge in [0.05, 0.1) is 11.1 Å². The molecular formula is C26H28N4O4. The van der Waals surface area contributed by atoms with Crippen LogP contribution < -0.4 is 10.9 Å². The lowest BCUT2D eigenvalue weighted by atomic mass is 9.90. The number of carboxylic acid groups (broad SMARTS) is 1. The third-order valence-corrected chi connectivity index (χ3v) is 6.40. The molecule has 0 atom stereocenters. The molecule has 2 aliphatic rings. The SMILES string of the molecule is CC1(C(=O)O)CC1.O=C(Nc1cccc(Cc2n[nH]c(=O)c3c2CCCC3)c1)c1ccncc1. The summed E-state index contributed by atoms with van der Waals surface area (Å²) >= 11 is 0. The van der Waals surface area contributed by atoms with E-state index in [-0.39, 0.29) is 16.9 Å². The van der Waals surface area contributed by atoms with Crippen LogP contribution in [0.15, 0.2) is 53.6 Å². The van der Waals surface area contributed by atoms with E-state index in [1.54, 1.807) is 31.5 Å². The number of aromatic nitrogens is 3. The Morgan fingerprint density at radius 1 is 1.09 bits per heavy atom. The normalized spacial score (nSPS) is 15.3. The maximum Gasteiger partial charge on any atom is 0.309 e. The number of aromatic amines is 1. The Balaban J connectivity index is 0.000000336. The molecule has 0 aliphatic heterocycles. The number of nitrogens with zero attached hydrogens (tertiary/aromatic N) is 2. The molecule has 3 aromatic rings. The van der Waals surface area contributed by atoms with Crippen molar-refractivity contribution < 1.29 is 14.7 Å². The van der Waals surface area contributed by atoms with E-state index in [1.165, 1.54) is 0 Å². The fourth-order valence-corrected chi connectivity index (χ4v) is 3.93. The molecule has 0 spiro atoms. The fourth-order valence-electron chi connectivity index (χ4n) is 3.93. The van der Waals surface area contributed by atoms with Gasteiger partial charge >= 0.3 is 5.97 Å². The van der Waals surface area contributed by atoms with E-state index < -0.39 is 5.97 Å². The number of nitrogens with one attached hydrogen (secondary N) is 2. The Labute approximate surface area is 197 Å². The number of hydrogen-bond acceptors (Lipinski definition) is 5. The monoisotopic (exact) mass is 460 g/mol. The Bertz CT molecular complexity index is 1250. The zero-order valence-electron chi connectivity index (χ0n) is 19.1. The average molecular weight is 461 g/mol. The number of benzene rings is 1. The highest BCUT2D eigenvalue weighted by Gasteiger charge is 2.44. The fraction of sp³-hybridized carbons (Fsp3) is 0.346. The average Bonchev–Trinajstić information content (AvgIpc) is 3.61. The second kappa shape index (κ2) is 9.99. The van der Waals surface area contributed by atoms with Gasteiger partial charge in [0, 0.05) is 35.6 Å². The summed E-state index contributed by atoms with van der Waals surface area (Å²) in [4.78, 5) is 38.3. The molecule has 0 radical (unpaired) electrons. The van der Waals surface area contributed by atoms with Crippen LogP contribution in [0.4, 0.5) is 5.69 Å². The lowest BCUT2D eigenvalue weighted by Gasteiger charge is -2.17. The Morgan fingerprint density at radius 3 is 2.44 bits per heavy atom. The van der Waals surface area contributed by atoms with Crippen molar-refractivity contribution >= 4 is 17.6 Å². The predicted molar refractivity (Wildman–Crippen MR) is 128 cm³/mol. The molecule has 34 heavy (non-hydrogen) atoms. The zero-order chi connectivity index (χ0) is 24.1. The first-order valence-electron chi connectivity index (χ1n) is 11.5. The van der Waals surface area contributed by atoms with Gasteiger partial charge in [0.15, 0.2) is 0 Å². The van der Waals surface area contributed by atoms with E-state index >= 15 is 0 Å². The van der Waals surface area contributed by atoms with Gasteiger partial charge < -0.3 is 10.4 Å². The number of carbonyl (C=O) groups excluding carboxylic acids is 1. The van der Waals surface area contributed by atoms with Gasteiger partial charge in [-0.05, 0) is 80.8 Å². The zero-order valence-corrected chi connectivity index (χ0v) is 19.1. The van der Waals surface area contributed by atoms with Crippen molar-refractivity contribution in [2.24, 2.45) is 5.41 Å². The van der Waals surface area contributed by atoms with Crippen LogP contribution >= 0.6 is 0 Å². The number of fused-ring (bicyclic) bond motifs is 1. The minimum atomic E-state index is -0.646. The minimum absolute atomic E-state index is 0.0631. The minimum Gasteiger partial charge on any atom is -0.481 e. The van der Waals surface area contributed by atoms with Gasteiger partial charge in [-0.3, -0.25) is 19.4 Å². The predicted octanol–water partition coefficient (Wildman–Crippen LogP) is 3.76. The van der Waals surface area contributed by atoms with Crippen molar-refractivity contribution in [1.82, 2.24) is 15.2 Å². The Morgan fingerprint density at radius 2 is 1.79 bits per heavy atom. The highest BCUT2D eigenvalue weighted by molar-refractivity contribution is 6.04. The van der Waals surface area contributed by atoms with Crippen LogP contribution in [0.2, 0.25) is 0 Å². The first-order valence-corrected chi connectivity index (χ1v) is 11.5. The first-order chi connectivity index (χ1) is 16.4. The summed E-state index contributed by atoms with van der Waals surface area (Å²) in [5.41, 5.74) is 4.83. The number of pyridine rings is 1. The van der Waals surface area contributed by atoms with Crippen molar-refractivity contribution in [2.75, 3.05) is 5.32 Å². The van der Waals surface area contributed by atoms with Gasteiger partial charge in [0.2, 0.25) is 0 Å². The van der Waals surface area contributed by atoms with Crippen LogP contribution in [0.1, 0.15) is 65.3 Å². The topological polar surface area (TPSA) is 125 Å². The standard InChI is InChI=1S/C21H20N4O2.C5H8O2/c26-20(15-8-10-22-11-9-15)23-16-5-3-4-14(12-16)13-19-17-6-1-2-7-18(17)21(27)25-24-19;1-5(2-3-5)4(6)7/h3-5,8-12H,1-2,6-7,13H2,(H,23,26)(H,25,27);2-3H2,1H3,(H,6,7). The summed E-state index contributed by atoms with van der Waals surface area (Å²) < 4.78 is 0. The third-order valence-electron chi connectivity index (χ3n) is 6.40. The number of carbonyl (C=O) groups is 2. The molecule has 8 nitrogen and oxygen atoms in total. The molecule has 8 heteroatoms. The van der Waals surface area contributed by atoms with Crippen molar-refractivity contribution in [3.05, 3.63) is 87.1 Å². The summed E-state index contributed by atoms with van der Waals surface area (Å²) in [5, 5.41) is 18.2. The first kappa shape index (κ1) is 23.4. The lowest BCUT2D eigenvalue weighted by Crippen LogP contribution is -2.23. The van der Waals surface area contributed by atoms with E-state index in [0.29, 0.717) is 12.0 Å². The number of carboxylic acids is 1. The van der Waals surface area contributed by atoms with Crippen molar-refractivity contribution in [3.63, 3.8) is 0 Å². The summed E-state index contributed by atoms with van der Waals surface area (Å²) in [6.07, 6.45) is 9.40. The molecule has 0 unspecified atom stereocenters. The van der Waals surface area contributed by atoms with E-state index in [4.69, 9.17) is 5.11 Å². The molecule has 1 aromatic carbocycles. The van der Waals surface area contributed by atoms with Gasteiger partial charge in [-0.25, -0.2) is 5.10 Å². The van der Waals surface area contributed by atoms with Crippen LogP contribution in [0.3, 0.4) is 0 Å². The number of hydrogen-bond donors (Lipinski definition) is 3. The maximum absolute atomic E-state index is 12.3. The number of amides is 1. The van der Waals surface area contributed by atoms with E-state index in [2.05, 4.69) is 20.5 Å². The summed E-state index contributed by atoms with van der Waals surface area (Å²) in [7, 11) is 0. The van der Waals surface area contributed by atoms with Crippen molar-refractivity contribution in [2.45, 2.75) is 51.9 Å². The lowest BCUT2D eigenvalue weighted by molar-refractivity contribution is -0.142. The summed E-state index contributed by atoms with van der Waals surface area (Å²) in [6.45, 7) is 1.77. The van der Waals surface area contributed by atoms with Crippen molar-refractivity contribution in [3.8, 4) is 0 Å². The van der Waals surface area contributed by atoms with Crippen LogP contribution in [0.5, 0.6) is 0 Å². The van der Waals surface area contributed by atoms with Crippen LogP contribution in [-0.4, -0.2) is 32.2 Å². The molecule has 2 aliphatic carbocycles. The summed E-state index contributed by atoms with van der Waals surface area (Å²) in [5.74, 6) is -0.818. The van der Waals surface area contributed by atoms with E-state index in [9.17, 15) is 14.4 Å². The number of H-pyrrole nitrogens is 1. The molecule has 3 N–H and O–H groups in total. The highest BCUT2D eigenvalue weighted by Crippen LogP contribution is 2.44. The van der Waals surface area contributed by atoms with E-state index in [1.807, 2.05) is 24.3 Å². The maximum atomic E-state index is 12.3. The van der Waals surface area contributed by atoms with Crippen molar-refractivity contribution in [1.29, 1.82) is 0 Å². The van der Waals surface area contributed by atoms with Gasteiger partial charge in [-0.1, -0.05) is 12.1 Å². The Hall–Kier alpha value is -3.81. The molecular weight excluding hydrogens is 432 g/mol. The summed E-state index contributed by atoms with van der Waals surface area (Å²) in [6, 6.07) is 11.1. The van der Waals surface area contributed by atoms with Crippen LogP contribution in [-0.2, 0) is 24.1 Å². The number of aliphatic carboxylic acids is 1. The van der Waals surface area contributed by atoms with Gasteiger partial charge in [0.1, 0.15) is 0 Å². The molecule has 176 valence electrons. The van der Waals surface area contributed by atoms with Gasteiger partial charge in [-0.2, -0.15) is 5.10 Å².